The van der Waals surface area contributed by atoms with Crippen LogP contribution in [0.1, 0.15) is 61.6 Å². The van der Waals surface area contributed by atoms with Gasteiger partial charge in [-0.05, 0) is 62.7 Å². The number of hydrogen-bond acceptors (Lipinski definition) is 7. The molecule has 0 aliphatic carbocycles. The number of nitrogens with zero attached hydrogens (tertiary/aromatic N) is 6. The van der Waals surface area contributed by atoms with Crippen LogP contribution in [0, 0.1) is 6.57 Å². The van der Waals surface area contributed by atoms with Gasteiger partial charge in [-0.1, -0.05) is 48.5 Å². The normalized spacial score (nSPS) is 24.0. The summed E-state index contributed by atoms with van der Waals surface area (Å²) in [7, 11) is 0. The second-order valence-electron chi connectivity index (χ2n) is 12.9. The van der Waals surface area contributed by atoms with Crippen molar-refractivity contribution in [2.75, 3.05) is 50.8 Å². The van der Waals surface area contributed by atoms with E-state index in [1.54, 1.807) is 0 Å². The van der Waals surface area contributed by atoms with Gasteiger partial charge in [0.25, 0.3) is 5.91 Å². The fourth-order valence-electron chi connectivity index (χ4n) is 8.06. The highest BCUT2D eigenvalue weighted by Gasteiger charge is 2.45. The number of carbonyl (C=O) groups is 1. The summed E-state index contributed by atoms with van der Waals surface area (Å²) in [5.74, 6) is -1.12. The van der Waals surface area contributed by atoms with Crippen molar-refractivity contribution in [2.45, 2.75) is 62.8 Å². The third-order valence-electron chi connectivity index (χ3n) is 10.2. The van der Waals surface area contributed by atoms with Crippen molar-refractivity contribution >= 4 is 34.1 Å². The van der Waals surface area contributed by atoms with Gasteiger partial charge >= 0.3 is 6.01 Å². The lowest BCUT2D eigenvalue weighted by molar-refractivity contribution is -0.131. The third kappa shape index (κ3) is 5.48. The smallest absolute Gasteiger partial charge is 0.318 e. The predicted octanol–water partition coefficient (Wildman–Crippen LogP) is 6.09. The molecule has 2 aromatic carbocycles. The van der Waals surface area contributed by atoms with Crippen LogP contribution >= 0.6 is 11.6 Å². The predicted molar refractivity (Wildman–Crippen MR) is 175 cm³/mol. The summed E-state index contributed by atoms with van der Waals surface area (Å²) in [4.78, 5) is 32.2. The number of ether oxygens (including phenoxy) is 2. The molecule has 5 heterocycles. The van der Waals surface area contributed by atoms with Crippen molar-refractivity contribution in [1.82, 2.24) is 19.8 Å². The molecule has 7 rings (SSSR count). The maximum absolute atomic E-state index is 13.9. The number of anilines is 1. The number of benzene rings is 2. The number of amides is 1. The summed E-state index contributed by atoms with van der Waals surface area (Å²) >= 11 is 6.72. The number of halogens is 2. The van der Waals surface area contributed by atoms with E-state index in [0.717, 1.165) is 53.5 Å². The van der Waals surface area contributed by atoms with Crippen molar-refractivity contribution in [3.05, 3.63) is 82.1 Å². The Bertz CT molecular complexity index is 1710. The van der Waals surface area contributed by atoms with Gasteiger partial charge in [0.1, 0.15) is 18.5 Å². The first kappa shape index (κ1) is 30.9. The van der Waals surface area contributed by atoms with Gasteiger partial charge in [-0.25, -0.2) is 11.0 Å². The lowest BCUT2D eigenvalue weighted by Gasteiger charge is -2.41. The lowest BCUT2D eigenvalue weighted by Crippen LogP contribution is -2.57. The maximum Gasteiger partial charge on any atom is 0.318 e. The van der Waals surface area contributed by atoms with E-state index in [-0.39, 0.29) is 30.8 Å². The number of fused-ring (bicyclic) bond motifs is 3. The molecule has 3 fully saturated rings. The zero-order valence-electron chi connectivity index (χ0n) is 26.1. The van der Waals surface area contributed by atoms with E-state index in [2.05, 4.69) is 27.3 Å². The molecule has 1 aromatic heterocycles. The van der Waals surface area contributed by atoms with Gasteiger partial charge in [-0.3, -0.25) is 9.69 Å². The molecule has 2 unspecified atom stereocenters. The van der Waals surface area contributed by atoms with Crippen LogP contribution < -0.4 is 9.64 Å². The van der Waals surface area contributed by atoms with Gasteiger partial charge in [0.15, 0.2) is 5.83 Å². The minimum absolute atomic E-state index is 0.0273. The fourth-order valence-corrected chi connectivity index (χ4v) is 8.35. The van der Waals surface area contributed by atoms with E-state index in [1.807, 2.05) is 37.3 Å². The number of aromatic nitrogens is 2. The van der Waals surface area contributed by atoms with E-state index in [9.17, 15) is 9.18 Å². The quantitative estimate of drug-likeness (QED) is 0.228. The molecule has 4 aliphatic heterocycles. The summed E-state index contributed by atoms with van der Waals surface area (Å²) in [6, 6.07) is 11.8. The minimum Gasteiger partial charge on any atom is -0.461 e. The van der Waals surface area contributed by atoms with Crippen molar-refractivity contribution < 1.29 is 18.7 Å². The highest BCUT2D eigenvalue weighted by atomic mass is 35.5. The van der Waals surface area contributed by atoms with Crippen LogP contribution in [0.2, 0.25) is 5.02 Å². The van der Waals surface area contributed by atoms with Crippen molar-refractivity contribution in [2.24, 2.45) is 0 Å². The first-order valence-electron chi connectivity index (χ1n) is 16.1. The van der Waals surface area contributed by atoms with Crippen LogP contribution in [0.3, 0.4) is 0 Å². The first-order valence-corrected chi connectivity index (χ1v) is 16.5. The molecule has 0 saturated carbocycles. The molecule has 9 nitrogen and oxygen atoms in total. The molecule has 240 valence electrons. The van der Waals surface area contributed by atoms with Crippen LogP contribution in [0.15, 0.2) is 48.8 Å². The van der Waals surface area contributed by atoms with E-state index in [0.29, 0.717) is 43.0 Å². The SMILES string of the molecule is [C-]#[N+]C[C@H]1CN(c2nc(OCC34CCCN3CCC4)nc3c2C(C)OC(c2cccc4cccc(Cl)c24)C3)CCN1C(=O)C(=C)F. The monoisotopic (exact) mass is 644 g/mol. The summed E-state index contributed by atoms with van der Waals surface area (Å²) in [5.41, 5.74) is 2.75. The number of rotatable bonds is 7. The Morgan fingerprint density at radius 1 is 1.17 bits per heavy atom. The third-order valence-corrected chi connectivity index (χ3v) is 10.5. The second-order valence-corrected chi connectivity index (χ2v) is 13.3. The highest BCUT2D eigenvalue weighted by molar-refractivity contribution is 6.35. The number of hydrogen-bond donors (Lipinski definition) is 0. The molecule has 0 N–H and O–H groups in total. The van der Waals surface area contributed by atoms with Crippen molar-refractivity contribution in [3.63, 3.8) is 0 Å². The zero-order valence-corrected chi connectivity index (χ0v) is 26.8. The van der Waals surface area contributed by atoms with Gasteiger partial charge in [-0.15, -0.1) is 0 Å². The van der Waals surface area contributed by atoms with E-state index in [4.69, 9.17) is 37.6 Å². The second kappa shape index (κ2) is 12.4. The highest BCUT2D eigenvalue weighted by Crippen LogP contribution is 2.45. The van der Waals surface area contributed by atoms with Gasteiger partial charge < -0.3 is 24.1 Å². The molecular weight excluding hydrogens is 607 g/mol. The van der Waals surface area contributed by atoms with E-state index < -0.39 is 17.8 Å². The average molecular weight is 645 g/mol. The Morgan fingerprint density at radius 2 is 1.93 bits per heavy atom. The molecule has 0 bridgehead atoms. The number of piperazine rings is 1. The molecule has 4 aliphatic rings. The van der Waals surface area contributed by atoms with Gasteiger partial charge in [0.05, 0.1) is 23.4 Å². The molecular formula is C35H38ClFN6O3. The van der Waals surface area contributed by atoms with E-state index in [1.165, 1.54) is 17.7 Å². The van der Waals surface area contributed by atoms with Gasteiger partial charge in [0.2, 0.25) is 6.54 Å². The van der Waals surface area contributed by atoms with E-state index >= 15 is 0 Å². The Labute approximate surface area is 273 Å². The van der Waals surface area contributed by atoms with Gasteiger partial charge in [-0.2, -0.15) is 9.97 Å². The lowest BCUT2D eigenvalue weighted by atomic mass is 9.92. The Balaban J connectivity index is 1.26. The summed E-state index contributed by atoms with van der Waals surface area (Å²) in [6.07, 6.45) is 4.39. The molecule has 1 amide bonds. The molecule has 3 saturated heterocycles. The fraction of sp³-hybridized carbons (Fsp3) is 0.486. The summed E-state index contributed by atoms with van der Waals surface area (Å²) in [6.45, 7) is 16.4. The largest absolute Gasteiger partial charge is 0.461 e. The Hall–Kier alpha value is -3.78. The Kier molecular flexibility index (Phi) is 8.34. The zero-order chi connectivity index (χ0) is 32.0. The molecule has 3 aromatic rings. The topological polar surface area (TPSA) is 75.4 Å². The van der Waals surface area contributed by atoms with Crippen LogP contribution in [-0.4, -0.2) is 83.1 Å². The van der Waals surface area contributed by atoms with Crippen LogP contribution in [0.25, 0.3) is 15.6 Å². The maximum atomic E-state index is 13.9. The standard InChI is InChI=1S/C35H38ClFN6O3/c1-22(37)33(44)43-17-16-41(20-25(43)19-38-3)32-30-23(2)46-29(26-10-4-8-24-9-5-11-27(36)31(24)26)18-28(30)39-34(40-32)45-21-35-12-6-14-42(35)15-7-13-35/h4-5,8-11,23,25,29H,1,6-7,12-21H2,2H3/t23?,25-,29?/m0/s1. The van der Waals surface area contributed by atoms with Crippen molar-refractivity contribution in [1.29, 1.82) is 0 Å². The van der Waals surface area contributed by atoms with Crippen LogP contribution in [-0.2, 0) is 16.0 Å². The average Bonchev–Trinajstić information content (AvgIpc) is 3.64. The van der Waals surface area contributed by atoms with Crippen molar-refractivity contribution in [3.8, 4) is 6.01 Å². The van der Waals surface area contributed by atoms with Gasteiger partial charge in [0, 0.05) is 42.0 Å². The first-order chi connectivity index (χ1) is 22.3. The Morgan fingerprint density at radius 3 is 2.67 bits per heavy atom. The molecule has 0 spiro atoms. The molecule has 46 heavy (non-hydrogen) atoms. The molecule has 11 heteroatoms. The summed E-state index contributed by atoms with van der Waals surface area (Å²) in [5, 5.41) is 2.69. The summed E-state index contributed by atoms with van der Waals surface area (Å²) < 4.78 is 27.1. The van der Waals surface area contributed by atoms with Crippen LogP contribution in [0.4, 0.5) is 10.2 Å². The minimum atomic E-state index is -1.02. The molecule has 0 radical (unpaired) electrons. The number of carbonyl (C=O) groups excluding carboxylic acids is 1. The molecule has 3 atom stereocenters. The van der Waals surface area contributed by atoms with Crippen LogP contribution in [0.5, 0.6) is 6.01 Å².